The maximum absolute atomic E-state index is 14.0. The smallest absolute Gasteiger partial charge is 0.290 e. The molecule has 0 bridgehead atoms. The number of amides is 1. The summed E-state index contributed by atoms with van der Waals surface area (Å²) in [6, 6.07) is 6.36. The van der Waals surface area contributed by atoms with Crippen LogP contribution in [0.1, 0.15) is 41.6 Å². The topological polar surface area (TPSA) is 81.5 Å². The van der Waals surface area contributed by atoms with Crippen LogP contribution >= 0.6 is 0 Å². The maximum atomic E-state index is 14.0. The van der Waals surface area contributed by atoms with E-state index in [1.165, 1.54) is 33.5 Å². The van der Waals surface area contributed by atoms with Gasteiger partial charge in [-0.2, -0.15) is 0 Å². The Bertz CT molecular complexity index is 1290. The van der Waals surface area contributed by atoms with Crippen LogP contribution in [0.4, 0.5) is 4.39 Å². The lowest BCUT2D eigenvalue weighted by molar-refractivity contribution is 0.0707. The van der Waals surface area contributed by atoms with E-state index in [4.69, 9.17) is 18.6 Å². The molecule has 1 aliphatic heterocycles. The molecule has 1 atom stereocenters. The molecule has 0 N–H and O–H groups in total. The van der Waals surface area contributed by atoms with E-state index < -0.39 is 23.2 Å². The first kappa shape index (κ1) is 24.5. The number of methoxy groups -OCH3 is 3. The number of benzene rings is 2. The summed E-state index contributed by atoms with van der Waals surface area (Å²) in [5.74, 6) is 0.189. The molecule has 186 valence electrons. The molecule has 3 aromatic rings. The lowest BCUT2D eigenvalue weighted by atomic mass is 9.97. The largest absolute Gasteiger partial charge is 0.493 e. The van der Waals surface area contributed by atoms with E-state index in [2.05, 4.69) is 4.90 Å². The molecule has 35 heavy (non-hydrogen) atoms. The highest BCUT2D eigenvalue weighted by Gasteiger charge is 2.43. The van der Waals surface area contributed by atoms with Crippen LogP contribution < -0.4 is 19.6 Å². The fourth-order valence-corrected chi connectivity index (χ4v) is 4.62. The van der Waals surface area contributed by atoms with Crippen molar-refractivity contribution in [2.45, 2.75) is 19.9 Å². The summed E-state index contributed by atoms with van der Waals surface area (Å²) in [6.07, 6.45) is 0. The normalized spacial score (nSPS) is 15.1. The van der Waals surface area contributed by atoms with Crippen LogP contribution in [0.15, 0.2) is 39.5 Å². The summed E-state index contributed by atoms with van der Waals surface area (Å²) in [4.78, 5) is 31.0. The molecule has 0 spiro atoms. The Hall–Kier alpha value is -3.59. The van der Waals surface area contributed by atoms with Crippen molar-refractivity contribution in [3.05, 3.63) is 63.3 Å². The van der Waals surface area contributed by atoms with Gasteiger partial charge in [-0.25, -0.2) is 4.39 Å². The molecule has 0 aliphatic carbocycles. The summed E-state index contributed by atoms with van der Waals surface area (Å²) in [7, 11) is 4.50. The van der Waals surface area contributed by atoms with Crippen LogP contribution in [0.5, 0.6) is 17.2 Å². The van der Waals surface area contributed by atoms with E-state index in [0.717, 1.165) is 19.2 Å². The van der Waals surface area contributed by atoms with Crippen molar-refractivity contribution in [1.82, 2.24) is 9.80 Å². The fraction of sp³-hybridized carbons (Fsp3) is 0.385. The molecule has 1 aliphatic rings. The van der Waals surface area contributed by atoms with E-state index in [-0.39, 0.29) is 22.3 Å². The van der Waals surface area contributed by atoms with Crippen molar-refractivity contribution in [2.75, 3.05) is 47.5 Å². The number of carbonyl (C=O) groups is 1. The minimum absolute atomic E-state index is 0.0348. The third-order valence-corrected chi connectivity index (χ3v) is 6.48. The maximum Gasteiger partial charge on any atom is 0.290 e. The number of likely N-dealkylation sites (N-methyl/N-ethyl adjacent to an activating group) is 1. The van der Waals surface area contributed by atoms with Gasteiger partial charge in [-0.15, -0.1) is 0 Å². The number of rotatable bonds is 9. The van der Waals surface area contributed by atoms with Crippen molar-refractivity contribution < 1.29 is 27.8 Å². The lowest BCUT2D eigenvalue weighted by Crippen LogP contribution is -2.37. The highest BCUT2D eigenvalue weighted by molar-refractivity contribution is 5.99. The molecule has 2 aromatic carbocycles. The minimum Gasteiger partial charge on any atom is -0.493 e. The second-order valence-electron chi connectivity index (χ2n) is 8.20. The zero-order chi connectivity index (χ0) is 25.3. The molecule has 0 saturated heterocycles. The van der Waals surface area contributed by atoms with Crippen molar-refractivity contribution in [3.63, 3.8) is 0 Å². The Morgan fingerprint density at radius 1 is 1.00 bits per heavy atom. The van der Waals surface area contributed by atoms with Gasteiger partial charge in [0.2, 0.25) is 11.5 Å². The van der Waals surface area contributed by atoms with Gasteiger partial charge in [0.15, 0.2) is 16.9 Å². The highest BCUT2D eigenvalue weighted by atomic mass is 19.1. The Balaban J connectivity index is 1.95. The number of hydrogen-bond donors (Lipinski definition) is 0. The van der Waals surface area contributed by atoms with Crippen LogP contribution in [0, 0.1) is 5.82 Å². The van der Waals surface area contributed by atoms with Gasteiger partial charge in [0.05, 0.1) is 38.3 Å². The second-order valence-corrected chi connectivity index (χ2v) is 8.20. The van der Waals surface area contributed by atoms with Gasteiger partial charge in [0.1, 0.15) is 11.4 Å². The summed E-state index contributed by atoms with van der Waals surface area (Å²) in [5.41, 5.74) is 0.479. The standard InChI is InChI=1S/C26H29FN2O6/c1-6-28(7-2)10-11-29-22(15-12-19(32-3)24(34-5)20(13-15)33-4)21-23(30)17-14-16(27)8-9-18(17)35-25(21)26(29)31/h8-9,12-14,22H,6-7,10-11H2,1-5H3. The molecule has 0 radical (unpaired) electrons. The van der Waals surface area contributed by atoms with Crippen molar-refractivity contribution in [2.24, 2.45) is 0 Å². The van der Waals surface area contributed by atoms with Crippen LogP contribution in [-0.2, 0) is 0 Å². The molecule has 1 amide bonds. The molecular formula is C26H29FN2O6. The summed E-state index contributed by atoms with van der Waals surface area (Å²) < 4.78 is 36.4. The summed E-state index contributed by atoms with van der Waals surface area (Å²) >= 11 is 0. The van der Waals surface area contributed by atoms with E-state index in [1.54, 1.807) is 17.0 Å². The number of halogens is 1. The Morgan fingerprint density at radius 3 is 2.23 bits per heavy atom. The number of carbonyl (C=O) groups excluding carboxylic acids is 1. The van der Waals surface area contributed by atoms with Gasteiger partial charge in [-0.3, -0.25) is 9.59 Å². The Labute approximate surface area is 202 Å². The molecule has 8 nitrogen and oxygen atoms in total. The molecule has 2 heterocycles. The average molecular weight is 485 g/mol. The molecule has 0 saturated carbocycles. The molecule has 1 aromatic heterocycles. The molecular weight excluding hydrogens is 455 g/mol. The van der Waals surface area contributed by atoms with Crippen LogP contribution in [0.3, 0.4) is 0 Å². The number of fused-ring (bicyclic) bond motifs is 2. The van der Waals surface area contributed by atoms with E-state index in [1.807, 2.05) is 13.8 Å². The van der Waals surface area contributed by atoms with Gasteiger partial charge < -0.3 is 28.4 Å². The number of hydrogen-bond acceptors (Lipinski definition) is 7. The third kappa shape index (κ3) is 4.20. The van der Waals surface area contributed by atoms with Gasteiger partial charge in [-0.05, 0) is 49.0 Å². The fourth-order valence-electron chi connectivity index (χ4n) is 4.62. The van der Waals surface area contributed by atoms with Gasteiger partial charge >= 0.3 is 0 Å². The summed E-state index contributed by atoms with van der Waals surface area (Å²) in [5, 5.41) is 0.0829. The highest BCUT2D eigenvalue weighted by Crippen LogP contribution is 2.44. The first-order valence-corrected chi connectivity index (χ1v) is 11.5. The van der Waals surface area contributed by atoms with E-state index in [0.29, 0.717) is 35.9 Å². The summed E-state index contributed by atoms with van der Waals surface area (Å²) in [6.45, 7) is 6.70. The van der Waals surface area contributed by atoms with Gasteiger partial charge in [0.25, 0.3) is 5.91 Å². The SMILES string of the molecule is CCN(CC)CCN1C(=O)c2oc3ccc(F)cc3c(=O)c2C1c1cc(OC)c(OC)c(OC)c1. The zero-order valence-corrected chi connectivity index (χ0v) is 20.5. The van der Waals surface area contributed by atoms with Crippen LogP contribution in [0.2, 0.25) is 0 Å². The first-order valence-electron chi connectivity index (χ1n) is 11.5. The van der Waals surface area contributed by atoms with Gasteiger partial charge in [0, 0.05) is 13.1 Å². The number of nitrogens with zero attached hydrogens (tertiary/aromatic N) is 2. The minimum atomic E-state index is -0.773. The lowest BCUT2D eigenvalue weighted by Gasteiger charge is -2.28. The van der Waals surface area contributed by atoms with Crippen molar-refractivity contribution in [3.8, 4) is 17.2 Å². The van der Waals surface area contributed by atoms with E-state index >= 15 is 0 Å². The predicted octanol–water partition coefficient (Wildman–Crippen LogP) is 3.84. The molecule has 0 fully saturated rings. The second kappa shape index (κ2) is 9.95. The third-order valence-electron chi connectivity index (χ3n) is 6.48. The average Bonchev–Trinajstić information content (AvgIpc) is 3.15. The Kier molecular flexibility index (Phi) is 6.98. The molecule has 1 unspecified atom stereocenters. The van der Waals surface area contributed by atoms with Crippen molar-refractivity contribution in [1.29, 1.82) is 0 Å². The van der Waals surface area contributed by atoms with Crippen LogP contribution in [-0.4, -0.2) is 63.2 Å². The first-order chi connectivity index (χ1) is 16.9. The van der Waals surface area contributed by atoms with E-state index in [9.17, 15) is 14.0 Å². The zero-order valence-electron chi connectivity index (χ0n) is 20.5. The molecule has 4 rings (SSSR count). The van der Waals surface area contributed by atoms with Crippen LogP contribution in [0.25, 0.3) is 11.0 Å². The molecule has 9 heteroatoms. The quantitative estimate of drug-likeness (QED) is 0.456. The predicted molar refractivity (Wildman–Crippen MR) is 129 cm³/mol. The Morgan fingerprint density at radius 2 is 1.66 bits per heavy atom. The van der Waals surface area contributed by atoms with Crippen molar-refractivity contribution >= 4 is 16.9 Å². The van der Waals surface area contributed by atoms with Gasteiger partial charge in [-0.1, -0.05) is 13.8 Å². The monoisotopic (exact) mass is 484 g/mol. The number of ether oxygens (including phenoxy) is 3.